The summed E-state index contributed by atoms with van der Waals surface area (Å²) in [4.78, 5) is 32.5. The summed E-state index contributed by atoms with van der Waals surface area (Å²) >= 11 is 1.42. The Hall–Kier alpha value is -3.16. The monoisotopic (exact) mass is 405 g/mol. The van der Waals surface area contributed by atoms with Crippen molar-refractivity contribution < 1.29 is 14.3 Å². The van der Waals surface area contributed by atoms with Crippen LogP contribution >= 0.6 is 11.8 Å². The van der Waals surface area contributed by atoms with Gasteiger partial charge in [0.05, 0.1) is 17.9 Å². The smallest absolute Gasteiger partial charge is 0.261 e. The molecule has 0 radical (unpaired) electrons. The van der Waals surface area contributed by atoms with E-state index in [4.69, 9.17) is 4.74 Å². The van der Waals surface area contributed by atoms with Gasteiger partial charge in [0.1, 0.15) is 5.03 Å². The van der Waals surface area contributed by atoms with Crippen LogP contribution in [0.15, 0.2) is 76.8 Å². The molecule has 1 aliphatic heterocycles. The van der Waals surface area contributed by atoms with Crippen molar-refractivity contribution in [2.45, 2.75) is 9.92 Å². The van der Waals surface area contributed by atoms with Gasteiger partial charge < -0.3 is 15.0 Å². The number of benzene rings is 2. The number of anilines is 2. The summed E-state index contributed by atoms with van der Waals surface area (Å²) in [6, 6.07) is 18.1. The van der Waals surface area contributed by atoms with Gasteiger partial charge in [0.25, 0.3) is 11.8 Å². The number of methoxy groups -OCH3 is 1. The molecular weight excluding hydrogens is 386 g/mol. The lowest BCUT2D eigenvalue weighted by Crippen LogP contribution is -2.33. The van der Waals surface area contributed by atoms with Crippen LogP contribution < -0.4 is 10.2 Å². The summed E-state index contributed by atoms with van der Waals surface area (Å²) in [6.07, 6.45) is 1.67. The molecule has 0 fully saturated rings. The topological polar surface area (TPSA) is 71.5 Å². The molecular formula is C22H19N3O3S. The Labute approximate surface area is 172 Å². The third-order valence-corrected chi connectivity index (χ3v) is 5.58. The molecule has 0 unspecified atom stereocenters. The summed E-state index contributed by atoms with van der Waals surface area (Å²) in [7, 11) is 1.61. The second kappa shape index (κ2) is 8.46. The molecule has 146 valence electrons. The number of fused-ring (bicyclic) bond motifs is 2. The zero-order valence-electron chi connectivity index (χ0n) is 15.8. The second-order valence-corrected chi connectivity index (χ2v) is 7.44. The fourth-order valence-corrected chi connectivity index (χ4v) is 4.14. The number of rotatable bonds is 5. The van der Waals surface area contributed by atoms with Crippen LogP contribution in [0.1, 0.15) is 20.7 Å². The average molecular weight is 405 g/mol. The predicted molar refractivity (Wildman–Crippen MR) is 113 cm³/mol. The molecule has 1 N–H and O–H groups in total. The Morgan fingerprint density at radius 2 is 1.97 bits per heavy atom. The number of ether oxygens (including phenoxy) is 1. The van der Waals surface area contributed by atoms with Gasteiger partial charge in [-0.25, -0.2) is 4.98 Å². The number of hydrogen-bond donors (Lipinski definition) is 1. The van der Waals surface area contributed by atoms with Gasteiger partial charge in [-0.2, -0.15) is 0 Å². The quantitative estimate of drug-likeness (QED) is 0.692. The van der Waals surface area contributed by atoms with Crippen LogP contribution in [0.4, 0.5) is 11.4 Å². The van der Waals surface area contributed by atoms with E-state index in [1.807, 2.05) is 30.3 Å². The SMILES string of the molecule is COCCN1C(=O)c2cccnc2Sc2cc(NC(=O)c3ccccc3)ccc21. The highest BCUT2D eigenvalue weighted by Gasteiger charge is 2.28. The maximum atomic E-state index is 13.1. The molecule has 29 heavy (non-hydrogen) atoms. The van der Waals surface area contributed by atoms with Gasteiger partial charge in [0.15, 0.2) is 0 Å². The zero-order chi connectivity index (χ0) is 20.2. The number of aromatic nitrogens is 1. The zero-order valence-corrected chi connectivity index (χ0v) is 16.6. The van der Waals surface area contributed by atoms with E-state index in [0.717, 1.165) is 10.6 Å². The van der Waals surface area contributed by atoms with Crippen LogP contribution in [0, 0.1) is 0 Å². The maximum absolute atomic E-state index is 13.1. The second-order valence-electron chi connectivity index (χ2n) is 6.41. The highest BCUT2D eigenvalue weighted by molar-refractivity contribution is 7.99. The standard InChI is InChI=1S/C22H19N3O3S/c1-28-13-12-25-18-10-9-16(24-20(26)15-6-3-2-4-7-15)14-19(18)29-21-17(22(25)27)8-5-11-23-21/h2-11,14H,12-13H2,1H3,(H,24,26). The predicted octanol–water partition coefficient (Wildman–Crippen LogP) is 4.09. The summed E-state index contributed by atoms with van der Waals surface area (Å²) < 4.78 is 5.19. The van der Waals surface area contributed by atoms with Gasteiger partial charge in [-0.15, -0.1) is 0 Å². The van der Waals surface area contributed by atoms with E-state index < -0.39 is 0 Å². The van der Waals surface area contributed by atoms with E-state index in [1.165, 1.54) is 11.8 Å². The van der Waals surface area contributed by atoms with Crippen molar-refractivity contribution in [2.24, 2.45) is 0 Å². The summed E-state index contributed by atoms with van der Waals surface area (Å²) in [5.74, 6) is -0.299. The molecule has 0 atom stereocenters. The molecule has 0 spiro atoms. The molecule has 2 heterocycles. The molecule has 2 amide bonds. The van der Waals surface area contributed by atoms with Gasteiger partial charge in [0, 0.05) is 36.0 Å². The van der Waals surface area contributed by atoms with Crippen molar-refractivity contribution >= 4 is 35.0 Å². The molecule has 0 saturated heterocycles. The third-order valence-electron chi connectivity index (χ3n) is 4.52. The van der Waals surface area contributed by atoms with Crippen LogP contribution in [0.3, 0.4) is 0 Å². The highest BCUT2D eigenvalue weighted by atomic mass is 32.2. The molecule has 3 aromatic rings. The van der Waals surface area contributed by atoms with Crippen molar-refractivity contribution in [1.82, 2.24) is 4.98 Å². The van der Waals surface area contributed by atoms with Crippen molar-refractivity contribution in [3.8, 4) is 0 Å². The Kier molecular flexibility index (Phi) is 5.59. The molecule has 1 aliphatic rings. The van der Waals surface area contributed by atoms with Gasteiger partial charge in [-0.3, -0.25) is 9.59 Å². The number of nitrogens with zero attached hydrogens (tertiary/aromatic N) is 2. The lowest BCUT2D eigenvalue weighted by atomic mass is 10.2. The van der Waals surface area contributed by atoms with Crippen LogP contribution in [0.2, 0.25) is 0 Å². The van der Waals surface area contributed by atoms with E-state index in [1.54, 1.807) is 48.5 Å². The molecule has 4 rings (SSSR count). The van der Waals surface area contributed by atoms with Gasteiger partial charge in [-0.05, 0) is 42.5 Å². The first-order valence-electron chi connectivity index (χ1n) is 9.11. The molecule has 7 heteroatoms. The minimum Gasteiger partial charge on any atom is -0.383 e. The molecule has 1 aromatic heterocycles. The Morgan fingerprint density at radius 3 is 2.76 bits per heavy atom. The highest BCUT2D eigenvalue weighted by Crippen LogP contribution is 2.41. The fraction of sp³-hybridized carbons (Fsp3) is 0.136. The molecule has 2 aromatic carbocycles. The number of amides is 2. The van der Waals surface area contributed by atoms with Crippen LogP contribution in [-0.2, 0) is 4.74 Å². The third kappa shape index (κ3) is 4.01. The van der Waals surface area contributed by atoms with E-state index in [0.29, 0.717) is 35.0 Å². The number of nitrogens with one attached hydrogen (secondary N) is 1. The van der Waals surface area contributed by atoms with Crippen molar-refractivity contribution in [3.63, 3.8) is 0 Å². The minimum absolute atomic E-state index is 0.113. The summed E-state index contributed by atoms with van der Waals surface area (Å²) in [6.45, 7) is 0.838. The minimum atomic E-state index is -0.185. The number of hydrogen-bond acceptors (Lipinski definition) is 5. The van der Waals surface area contributed by atoms with E-state index in [9.17, 15) is 9.59 Å². The first kappa shape index (κ1) is 19.2. The van der Waals surface area contributed by atoms with Crippen molar-refractivity contribution in [1.29, 1.82) is 0 Å². The first-order chi connectivity index (χ1) is 14.2. The van der Waals surface area contributed by atoms with Crippen molar-refractivity contribution in [2.75, 3.05) is 30.5 Å². The average Bonchev–Trinajstić information content (AvgIpc) is 2.87. The molecule has 0 saturated carbocycles. The molecule has 0 aliphatic carbocycles. The van der Waals surface area contributed by atoms with E-state index in [2.05, 4.69) is 10.3 Å². The van der Waals surface area contributed by atoms with Crippen molar-refractivity contribution in [3.05, 3.63) is 78.0 Å². The molecule has 0 bridgehead atoms. The number of carbonyl (C=O) groups excluding carboxylic acids is 2. The Balaban J connectivity index is 1.69. The van der Waals surface area contributed by atoms with Gasteiger partial charge in [0.2, 0.25) is 0 Å². The largest absolute Gasteiger partial charge is 0.383 e. The van der Waals surface area contributed by atoms with Crippen LogP contribution in [0.25, 0.3) is 0 Å². The van der Waals surface area contributed by atoms with Gasteiger partial charge >= 0.3 is 0 Å². The lowest BCUT2D eigenvalue weighted by Gasteiger charge is -2.23. The summed E-state index contributed by atoms with van der Waals surface area (Å²) in [5, 5.41) is 3.56. The normalized spacial score (nSPS) is 12.7. The summed E-state index contributed by atoms with van der Waals surface area (Å²) in [5.41, 5.74) is 2.56. The first-order valence-corrected chi connectivity index (χ1v) is 9.93. The van der Waals surface area contributed by atoms with Crippen LogP contribution in [0.5, 0.6) is 0 Å². The van der Waals surface area contributed by atoms with Crippen LogP contribution in [-0.4, -0.2) is 37.1 Å². The Bertz CT molecular complexity index is 1060. The fourth-order valence-electron chi connectivity index (χ4n) is 3.09. The van der Waals surface area contributed by atoms with Gasteiger partial charge in [-0.1, -0.05) is 30.0 Å². The number of pyridine rings is 1. The Morgan fingerprint density at radius 1 is 1.14 bits per heavy atom. The number of carbonyl (C=O) groups is 2. The maximum Gasteiger partial charge on any atom is 0.261 e. The molecule has 6 nitrogen and oxygen atoms in total. The lowest BCUT2D eigenvalue weighted by molar-refractivity contribution is 0.0971. The van der Waals surface area contributed by atoms with E-state index in [-0.39, 0.29) is 11.8 Å². The van der Waals surface area contributed by atoms with E-state index >= 15 is 0 Å².